The topological polar surface area (TPSA) is 91.7 Å². The van der Waals surface area contributed by atoms with Crippen LogP contribution in [-0.4, -0.2) is 41.6 Å². The Bertz CT molecular complexity index is 1990. The number of alkyl halides is 6. The molecule has 1 N–H and O–H groups in total. The predicted molar refractivity (Wildman–Crippen MR) is 168 cm³/mol. The van der Waals surface area contributed by atoms with Crippen LogP contribution in [0.1, 0.15) is 27.5 Å². The number of hydrogen-bond donors (Lipinski definition) is 1. The first-order valence-electron chi connectivity index (χ1n) is 14.2. The van der Waals surface area contributed by atoms with E-state index in [1.54, 1.807) is 24.3 Å². The highest BCUT2D eigenvalue weighted by atomic mass is 32.2. The number of thioether (sulfide) groups is 1. The number of nitrogens with one attached hydrogen (secondary N) is 1. The zero-order chi connectivity index (χ0) is 34.7. The van der Waals surface area contributed by atoms with Crippen LogP contribution in [0.25, 0.3) is 0 Å². The molecule has 0 spiro atoms. The Kier molecular flexibility index (Phi) is 8.44. The number of anilines is 3. The van der Waals surface area contributed by atoms with Crippen molar-refractivity contribution in [3.8, 4) is 0 Å². The van der Waals surface area contributed by atoms with Gasteiger partial charge in [0.15, 0.2) is 0 Å². The molecule has 1 saturated heterocycles. The van der Waals surface area contributed by atoms with Crippen molar-refractivity contribution < 1.29 is 40.7 Å². The molecule has 1 fully saturated rings. The summed E-state index contributed by atoms with van der Waals surface area (Å²) in [5.41, 5.74) is -1.55. The molecule has 3 aromatic carbocycles. The molecule has 250 valence electrons. The summed E-state index contributed by atoms with van der Waals surface area (Å²) in [5, 5.41) is 1.19. The average Bonchev–Trinajstić information content (AvgIpc) is 3.46. The number of benzene rings is 3. The highest BCUT2D eigenvalue weighted by molar-refractivity contribution is 8.00. The molecule has 0 bridgehead atoms. The fourth-order valence-corrected chi connectivity index (χ4v) is 8.62. The number of hydrogen-bond acceptors (Lipinski definition) is 7. The molecule has 3 atom stereocenters. The Morgan fingerprint density at radius 3 is 2.21 bits per heavy atom. The summed E-state index contributed by atoms with van der Waals surface area (Å²) in [4.78, 5) is 56.6. The third kappa shape index (κ3) is 5.98. The van der Waals surface area contributed by atoms with Crippen LogP contribution in [0.2, 0.25) is 0 Å². The molecule has 1 aromatic heterocycles. The standard InChI is InChI=1S/C32H24F6N4O4S2/c1-40(2)18-12-10-16(11-13-18)23-24-25(28(45)42(27(24)44)19-7-5-6-17(14-19)31(33,34)35)47-29-26(23)48-30(46)41(29)15-22(43)39-21-9-4-3-8-20(21)32(36,37)38/h3-14,23-25H,15H2,1-2H3,(H,39,43). The third-order valence-electron chi connectivity index (χ3n) is 8.06. The van der Waals surface area contributed by atoms with E-state index in [9.17, 15) is 45.5 Å². The maximum Gasteiger partial charge on any atom is 0.418 e. The van der Waals surface area contributed by atoms with E-state index in [0.717, 1.165) is 62.5 Å². The fourth-order valence-electron chi connectivity index (χ4n) is 5.84. The third-order valence-corrected chi connectivity index (χ3v) is 10.7. The molecule has 8 nitrogen and oxygen atoms in total. The van der Waals surface area contributed by atoms with Crippen LogP contribution in [-0.2, 0) is 33.3 Å². The first-order valence-corrected chi connectivity index (χ1v) is 15.9. The van der Waals surface area contributed by atoms with Crippen LogP contribution < -0.4 is 20.0 Å². The average molecular weight is 707 g/mol. The number of carbonyl (C=O) groups is 3. The fraction of sp³-hybridized carbons (Fsp3) is 0.250. The molecule has 4 aromatic rings. The van der Waals surface area contributed by atoms with Gasteiger partial charge in [0, 0.05) is 30.6 Å². The molecule has 48 heavy (non-hydrogen) atoms. The van der Waals surface area contributed by atoms with E-state index in [1.165, 1.54) is 18.2 Å². The van der Waals surface area contributed by atoms with Crippen LogP contribution in [0.4, 0.5) is 43.4 Å². The van der Waals surface area contributed by atoms with Gasteiger partial charge in [-0.3, -0.25) is 23.7 Å². The number of nitrogens with zero attached hydrogens (tertiary/aromatic N) is 3. The largest absolute Gasteiger partial charge is 0.418 e. The van der Waals surface area contributed by atoms with Crippen molar-refractivity contribution in [2.45, 2.75) is 35.1 Å². The molecular formula is C32H24F6N4O4S2. The zero-order valence-corrected chi connectivity index (χ0v) is 26.6. The summed E-state index contributed by atoms with van der Waals surface area (Å²) in [5.74, 6) is -4.51. The minimum absolute atomic E-state index is 0.166. The van der Waals surface area contributed by atoms with Gasteiger partial charge in [-0.15, -0.1) is 0 Å². The van der Waals surface area contributed by atoms with Crippen molar-refractivity contribution in [2.24, 2.45) is 5.92 Å². The van der Waals surface area contributed by atoms with Gasteiger partial charge in [0.1, 0.15) is 11.8 Å². The molecule has 16 heteroatoms. The van der Waals surface area contributed by atoms with Gasteiger partial charge in [0.05, 0.1) is 33.4 Å². The van der Waals surface area contributed by atoms with Gasteiger partial charge in [-0.25, -0.2) is 4.90 Å². The van der Waals surface area contributed by atoms with Crippen LogP contribution in [0.5, 0.6) is 0 Å². The number of imide groups is 1. The van der Waals surface area contributed by atoms with Crippen molar-refractivity contribution in [1.29, 1.82) is 0 Å². The molecule has 2 aliphatic rings. The van der Waals surface area contributed by atoms with Gasteiger partial charge in [-0.1, -0.05) is 53.4 Å². The van der Waals surface area contributed by atoms with Gasteiger partial charge >= 0.3 is 17.2 Å². The zero-order valence-electron chi connectivity index (χ0n) is 24.9. The minimum atomic E-state index is -4.76. The smallest absolute Gasteiger partial charge is 0.378 e. The molecule has 3 heterocycles. The second kappa shape index (κ2) is 12.1. The quantitative estimate of drug-likeness (QED) is 0.183. The first-order chi connectivity index (χ1) is 22.6. The van der Waals surface area contributed by atoms with Crippen LogP contribution in [0, 0.1) is 5.92 Å². The summed E-state index contributed by atoms with van der Waals surface area (Å²) >= 11 is 1.55. The Morgan fingerprint density at radius 2 is 1.56 bits per heavy atom. The van der Waals surface area contributed by atoms with Crippen LogP contribution >= 0.6 is 23.1 Å². The molecule has 6 rings (SSSR count). The van der Waals surface area contributed by atoms with E-state index in [-0.39, 0.29) is 10.7 Å². The number of carbonyl (C=O) groups excluding carboxylic acids is 3. The minimum Gasteiger partial charge on any atom is -0.378 e. The van der Waals surface area contributed by atoms with Crippen molar-refractivity contribution >= 4 is 57.9 Å². The van der Waals surface area contributed by atoms with E-state index in [1.807, 2.05) is 19.0 Å². The number of aromatic nitrogens is 1. The van der Waals surface area contributed by atoms with Crippen molar-refractivity contribution in [3.63, 3.8) is 0 Å². The number of rotatable bonds is 6. The molecule has 3 unspecified atom stereocenters. The SMILES string of the molecule is CN(C)c1ccc(C2c3sc(=O)n(CC(=O)Nc4ccccc4C(F)(F)F)c3SC3C(=O)N(c4cccc(C(F)(F)F)c4)C(=O)C32)cc1. The summed E-state index contributed by atoms with van der Waals surface area (Å²) in [7, 11) is 3.63. The van der Waals surface area contributed by atoms with Crippen LogP contribution in [0.3, 0.4) is 0 Å². The number of thiazole rings is 1. The molecule has 0 radical (unpaired) electrons. The van der Waals surface area contributed by atoms with E-state index >= 15 is 0 Å². The lowest BCUT2D eigenvalue weighted by Crippen LogP contribution is -2.33. The number of halogens is 6. The normalized spacial score (nSPS) is 19.2. The van der Waals surface area contributed by atoms with E-state index in [2.05, 4.69) is 5.32 Å². The lowest BCUT2D eigenvalue weighted by molar-refractivity contribution is -0.138. The van der Waals surface area contributed by atoms with Crippen molar-refractivity contribution in [3.05, 3.63) is 104 Å². The second-order valence-corrected chi connectivity index (χ2v) is 13.4. The van der Waals surface area contributed by atoms with E-state index < -0.39 is 75.4 Å². The summed E-state index contributed by atoms with van der Waals surface area (Å²) in [6, 6.07) is 15.2. The van der Waals surface area contributed by atoms with Gasteiger partial charge in [0.25, 0.3) is 0 Å². The summed E-state index contributed by atoms with van der Waals surface area (Å²) in [6.45, 7) is -0.701. The van der Waals surface area contributed by atoms with E-state index in [4.69, 9.17) is 0 Å². The maximum absolute atomic E-state index is 14.0. The second-order valence-electron chi connectivity index (χ2n) is 11.3. The number of amides is 3. The summed E-state index contributed by atoms with van der Waals surface area (Å²) in [6.07, 6.45) is -9.50. The highest BCUT2D eigenvalue weighted by Crippen LogP contribution is 2.54. The van der Waals surface area contributed by atoms with Gasteiger partial charge in [-0.2, -0.15) is 26.3 Å². The molecule has 3 amide bonds. The number of fused-ring (bicyclic) bond motifs is 2. The predicted octanol–water partition coefficient (Wildman–Crippen LogP) is 6.45. The maximum atomic E-state index is 14.0. The Hall–Kier alpha value is -4.57. The Labute approximate surface area is 277 Å². The van der Waals surface area contributed by atoms with E-state index in [0.29, 0.717) is 16.5 Å². The van der Waals surface area contributed by atoms with Crippen molar-refractivity contribution in [1.82, 2.24) is 4.57 Å². The molecular weight excluding hydrogens is 682 g/mol. The van der Waals surface area contributed by atoms with Crippen LogP contribution in [0.15, 0.2) is 82.6 Å². The van der Waals surface area contributed by atoms with Gasteiger partial charge in [0.2, 0.25) is 17.7 Å². The Balaban J connectivity index is 1.41. The monoisotopic (exact) mass is 706 g/mol. The lowest BCUT2D eigenvalue weighted by Gasteiger charge is -2.31. The lowest BCUT2D eigenvalue weighted by atomic mass is 9.83. The molecule has 0 saturated carbocycles. The Morgan fingerprint density at radius 1 is 0.875 bits per heavy atom. The first kappa shape index (κ1) is 33.3. The van der Waals surface area contributed by atoms with Crippen molar-refractivity contribution in [2.75, 3.05) is 29.2 Å². The van der Waals surface area contributed by atoms with Gasteiger partial charge < -0.3 is 10.2 Å². The summed E-state index contributed by atoms with van der Waals surface area (Å²) < 4.78 is 82.3. The number of para-hydroxylation sites is 1. The molecule has 0 aliphatic carbocycles. The highest BCUT2D eigenvalue weighted by Gasteiger charge is 2.57. The molecule has 2 aliphatic heterocycles. The van der Waals surface area contributed by atoms with Gasteiger partial charge in [-0.05, 0) is 48.0 Å².